The number of allylic oxidation sites excluding steroid dienone is 4. The van der Waals surface area contributed by atoms with E-state index in [1.54, 1.807) is 0 Å². The van der Waals surface area contributed by atoms with Crippen molar-refractivity contribution in [3.63, 3.8) is 0 Å². The van der Waals surface area contributed by atoms with Gasteiger partial charge in [0.2, 0.25) is 0 Å². The van der Waals surface area contributed by atoms with Gasteiger partial charge in [-0.05, 0) is 186 Å². The van der Waals surface area contributed by atoms with Gasteiger partial charge in [-0.3, -0.25) is 0 Å². The lowest BCUT2D eigenvalue weighted by Gasteiger charge is -2.38. The number of anilines is 5. The van der Waals surface area contributed by atoms with Crippen LogP contribution in [0.3, 0.4) is 0 Å². The third-order valence-corrected chi connectivity index (χ3v) is 16.8. The van der Waals surface area contributed by atoms with Gasteiger partial charge in [0.05, 0.1) is 22.1 Å². The topological polar surface area (TPSA) is 16.3 Å². The lowest BCUT2D eigenvalue weighted by molar-refractivity contribution is 0.351. The fraction of sp³-hybridized carbons (Fsp3) is 0.0789. The van der Waals surface area contributed by atoms with Gasteiger partial charge in [-0.1, -0.05) is 176 Å². The second kappa shape index (κ2) is 20.2. The molecule has 0 atom stereocenters. The van der Waals surface area contributed by atoms with Gasteiger partial charge in [0, 0.05) is 67.1 Å². The molecule has 2 aliphatic rings. The maximum atomic E-state index is 2.54. The minimum atomic E-state index is 0.331. The molecule has 2 heterocycles. The molecule has 0 bridgehead atoms. The summed E-state index contributed by atoms with van der Waals surface area (Å²) >= 11 is 0. The summed E-state index contributed by atoms with van der Waals surface area (Å²) in [4.78, 5) is 4.93. The van der Waals surface area contributed by atoms with Gasteiger partial charge in [-0.25, -0.2) is 0 Å². The number of aromatic nitrogens is 2. The first kappa shape index (κ1) is 47.3. The minimum Gasteiger partial charge on any atom is -0.314 e. The number of rotatable bonds is 12. The normalized spacial score (nSPS) is 15.1. The van der Waals surface area contributed by atoms with Crippen LogP contribution < -0.4 is 9.80 Å². The average Bonchev–Trinajstić information content (AvgIpc) is 4.07. The Hall–Kier alpha value is -9.90. The van der Waals surface area contributed by atoms with E-state index in [1.807, 2.05) is 0 Å². The molecular weight excluding hydrogens is 969 g/mol. The molecule has 0 aliphatic heterocycles. The molecule has 4 nitrogen and oxygen atoms in total. The van der Waals surface area contributed by atoms with E-state index in [0.717, 1.165) is 42.7 Å². The summed E-state index contributed by atoms with van der Waals surface area (Å²) in [6, 6.07) is 101. The van der Waals surface area contributed by atoms with E-state index in [9.17, 15) is 0 Å². The van der Waals surface area contributed by atoms with Crippen molar-refractivity contribution >= 4 is 72.0 Å². The molecule has 0 unspecified atom stereocenters. The number of fused-ring (bicyclic) bond motifs is 6. The second-order valence-electron chi connectivity index (χ2n) is 21.6. The van der Waals surface area contributed by atoms with Crippen LogP contribution >= 0.6 is 0 Å². The van der Waals surface area contributed by atoms with E-state index in [1.165, 1.54) is 105 Å². The average molecular weight is 1030 g/mol. The van der Waals surface area contributed by atoms with E-state index in [-0.39, 0.29) is 0 Å². The third kappa shape index (κ3) is 8.48. The molecule has 382 valence electrons. The van der Waals surface area contributed by atoms with Gasteiger partial charge in [-0.15, -0.1) is 0 Å². The molecule has 1 fully saturated rings. The summed E-state index contributed by atoms with van der Waals surface area (Å²) < 4.78 is 5.05. The summed E-state index contributed by atoms with van der Waals surface area (Å²) in [5.74, 6) is 0.670. The minimum absolute atomic E-state index is 0.331. The van der Waals surface area contributed by atoms with Crippen molar-refractivity contribution in [3.8, 4) is 33.6 Å². The Morgan fingerprint density at radius 3 is 1.20 bits per heavy atom. The highest BCUT2D eigenvalue weighted by Gasteiger charge is 2.34. The van der Waals surface area contributed by atoms with E-state index in [4.69, 9.17) is 0 Å². The molecule has 2 aliphatic carbocycles. The summed E-state index contributed by atoms with van der Waals surface area (Å²) in [6.07, 6.45) is 10.8. The Balaban J connectivity index is 0.902. The Morgan fingerprint density at radius 2 is 0.725 bits per heavy atom. The van der Waals surface area contributed by atoms with Crippen LogP contribution in [0.15, 0.2) is 297 Å². The fourth-order valence-electron chi connectivity index (χ4n) is 12.9. The van der Waals surface area contributed by atoms with Gasteiger partial charge in [-0.2, -0.15) is 0 Å². The van der Waals surface area contributed by atoms with Crippen molar-refractivity contribution in [2.24, 2.45) is 0 Å². The molecule has 15 rings (SSSR count). The zero-order valence-electron chi connectivity index (χ0n) is 44.5. The van der Waals surface area contributed by atoms with Crippen LogP contribution in [0.25, 0.3) is 77.2 Å². The van der Waals surface area contributed by atoms with Crippen LogP contribution in [-0.2, 0) is 0 Å². The lowest BCUT2D eigenvalue weighted by Crippen LogP contribution is -2.23. The Kier molecular flexibility index (Phi) is 11.9. The first-order chi connectivity index (χ1) is 39.7. The highest BCUT2D eigenvalue weighted by molar-refractivity contribution is 6.12. The molecule has 0 spiro atoms. The summed E-state index contributed by atoms with van der Waals surface area (Å²) in [5, 5.41) is 5.01. The highest BCUT2D eigenvalue weighted by Crippen LogP contribution is 2.52. The number of para-hydroxylation sites is 5. The van der Waals surface area contributed by atoms with Crippen molar-refractivity contribution in [1.29, 1.82) is 0 Å². The molecule has 1 saturated carbocycles. The molecule has 0 amide bonds. The molecule has 13 aromatic rings. The maximum Gasteiger partial charge on any atom is 0.0541 e. The molecule has 2 aromatic heterocycles. The molecule has 0 N–H and O–H groups in total. The second-order valence-corrected chi connectivity index (χ2v) is 21.6. The standard InChI is InChI=1S/C76H58N4/c1-7-23-53(24-8-1)55-39-41-75-71(49-55)72-50-56(54-25-9-2-10-26-54)40-42-76(72)80(75)68-48-60(47-67(52-68)79-73-37-21-19-35-69(73)70-36-20-22-38-74(70)79)58-43-57(44-58)59-45-65(77(61-27-11-3-12-28-61)62-29-13-4-14-30-62)51-66(46-59)78(63-31-15-5-16-32-63)64-33-17-6-18-34-64/h1-17,19-33,35-42,45-52,57-58H,18,34,43-44H2. The lowest BCUT2D eigenvalue weighted by atomic mass is 9.68. The van der Waals surface area contributed by atoms with Crippen LogP contribution in [0.2, 0.25) is 0 Å². The van der Waals surface area contributed by atoms with Crippen molar-refractivity contribution in [1.82, 2.24) is 9.13 Å². The van der Waals surface area contributed by atoms with Crippen molar-refractivity contribution < 1.29 is 0 Å². The number of hydrogen-bond acceptors (Lipinski definition) is 2. The van der Waals surface area contributed by atoms with Gasteiger partial charge < -0.3 is 18.9 Å². The van der Waals surface area contributed by atoms with E-state index in [2.05, 4.69) is 310 Å². The van der Waals surface area contributed by atoms with Crippen LogP contribution in [0.1, 0.15) is 48.6 Å². The Morgan fingerprint density at radius 1 is 0.312 bits per heavy atom. The van der Waals surface area contributed by atoms with Gasteiger partial charge >= 0.3 is 0 Å². The van der Waals surface area contributed by atoms with Crippen molar-refractivity contribution in [3.05, 3.63) is 308 Å². The van der Waals surface area contributed by atoms with E-state index in [0.29, 0.717) is 11.8 Å². The predicted octanol–water partition coefficient (Wildman–Crippen LogP) is 20.7. The molecular formula is C76H58N4. The van der Waals surface area contributed by atoms with Gasteiger partial charge in [0.15, 0.2) is 0 Å². The van der Waals surface area contributed by atoms with Crippen molar-refractivity contribution in [2.75, 3.05) is 9.80 Å². The molecule has 4 heteroatoms. The predicted molar refractivity (Wildman–Crippen MR) is 337 cm³/mol. The maximum absolute atomic E-state index is 2.54. The summed E-state index contributed by atoms with van der Waals surface area (Å²) in [6.45, 7) is 0. The molecule has 11 aromatic carbocycles. The molecule has 0 saturated heterocycles. The number of hydrogen-bond donors (Lipinski definition) is 0. The molecule has 0 radical (unpaired) electrons. The number of benzene rings is 11. The number of nitrogens with zero attached hydrogens (tertiary/aromatic N) is 4. The van der Waals surface area contributed by atoms with Crippen LogP contribution in [0, 0.1) is 0 Å². The van der Waals surface area contributed by atoms with E-state index >= 15 is 0 Å². The zero-order valence-corrected chi connectivity index (χ0v) is 44.5. The molecule has 80 heavy (non-hydrogen) atoms. The van der Waals surface area contributed by atoms with Gasteiger partial charge in [0.25, 0.3) is 0 Å². The SMILES string of the molecule is C1=CCCC(N(c2ccccc2)c2cc(C3CC(c4cc(-n5c6ccccc6c6ccccc65)cc(-n5c6ccc(-c7ccccc7)cc6c6cc(-c7ccccc7)ccc65)c4)C3)cc(N(c3ccccc3)c3ccccc3)c2)=C1. The summed E-state index contributed by atoms with van der Waals surface area (Å²) in [7, 11) is 0. The first-order valence-electron chi connectivity index (χ1n) is 28.3. The summed E-state index contributed by atoms with van der Waals surface area (Å²) in [5.41, 5.74) is 21.8. The smallest absolute Gasteiger partial charge is 0.0541 e. The fourth-order valence-corrected chi connectivity index (χ4v) is 12.9. The Bertz CT molecular complexity index is 4280. The van der Waals surface area contributed by atoms with Crippen LogP contribution in [-0.4, -0.2) is 9.13 Å². The third-order valence-electron chi connectivity index (χ3n) is 16.8. The largest absolute Gasteiger partial charge is 0.314 e. The van der Waals surface area contributed by atoms with E-state index < -0.39 is 0 Å². The quantitative estimate of drug-likeness (QED) is 0.121. The van der Waals surface area contributed by atoms with Crippen molar-refractivity contribution in [2.45, 2.75) is 37.5 Å². The van der Waals surface area contributed by atoms with Crippen LogP contribution in [0.4, 0.5) is 28.4 Å². The van der Waals surface area contributed by atoms with Gasteiger partial charge in [0.1, 0.15) is 0 Å². The highest BCUT2D eigenvalue weighted by atomic mass is 15.2. The monoisotopic (exact) mass is 1030 g/mol. The van der Waals surface area contributed by atoms with Crippen LogP contribution in [0.5, 0.6) is 0 Å². The first-order valence-corrected chi connectivity index (χ1v) is 28.3. The zero-order chi connectivity index (χ0) is 52.9. The Labute approximate surface area is 467 Å².